The molecule has 5 nitrogen and oxygen atoms in total. The van der Waals surface area contributed by atoms with Crippen LogP contribution in [0.3, 0.4) is 0 Å². The maximum absolute atomic E-state index is 12.8. The molecule has 1 fully saturated rings. The molecule has 1 aliphatic heterocycles. The van der Waals surface area contributed by atoms with Gasteiger partial charge in [-0.1, -0.05) is 24.3 Å². The first-order chi connectivity index (χ1) is 13.7. The summed E-state index contributed by atoms with van der Waals surface area (Å²) >= 11 is 1.49. The highest BCUT2D eigenvalue weighted by molar-refractivity contribution is 7.20. The number of benzene rings is 2. The Morgan fingerprint density at radius 1 is 1.14 bits per heavy atom. The Morgan fingerprint density at radius 2 is 1.89 bits per heavy atom. The van der Waals surface area contributed by atoms with E-state index in [1.54, 1.807) is 12.1 Å². The Balaban J connectivity index is 1.21. The van der Waals surface area contributed by atoms with Crippen molar-refractivity contribution in [3.63, 3.8) is 0 Å². The molecular formula is C22H24N2O3S. The minimum atomic E-state index is 0.0393. The van der Waals surface area contributed by atoms with Crippen LogP contribution in [0.5, 0.6) is 5.75 Å². The quantitative estimate of drug-likeness (QED) is 0.472. The SMILES string of the molecule is O=C(c1nc2ccccc2s1)C1CCN(OCCCc2ccc(O)cc2)CC1. The van der Waals surface area contributed by atoms with E-state index >= 15 is 0 Å². The van der Waals surface area contributed by atoms with Crippen LogP contribution < -0.4 is 0 Å². The molecule has 0 unspecified atom stereocenters. The average Bonchev–Trinajstić information content (AvgIpc) is 3.17. The van der Waals surface area contributed by atoms with E-state index in [4.69, 9.17) is 4.84 Å². The van der Waals surface area contributed by atoms with Crippen molar-refractivity contribution < 1.29 is 14.7 Å². The minimum absolute atomic E-state index is 0.0393. The van der Waals surface area contributed by atoms with Gasteiger partial charge in [-0.25, -0.2) is 4.98 Å². The number of ketones is 1. The molecule has 1 saturated heterocycles. The van der Waals surface area contributed by atoms with Gasteiger partial charge in [0.1, 0.15) is 5.75 Å². The molecule has 2 heterocycles. The Kier molecular flexibility index (Phi) is 6.00. The maximum atomic E-state index is 12.8. The second-order valence-corrected chi connectivity index (χ2v) is 8.19. The fraction of sp³-hybridized carbons (Fsp3) is 0.364. The summed E-state index contributed by atoms with van der Waals surface area (Å²) in [5, 5.41) is 11.9. The normalized spacial score (nSPS) is 15.9. The summed E-state index contributed by atoms with van der Waals surface area (Å²) < 4.78 is 1.07. The molecule has 1 aliphatic rings. The van der Waals surface area contributed by atoms with Crippen LogP contribution in [-0.2, 0) is 11.3 Å². The van der Waals surface area contributed by atoms with Gasteiger partial charge in [0, 0.05) is 19.0 Å². The molecule has 1 N–H and O–H groups in total. The number of rotatable bonds is 7. The summed E-state index contributed by atoms with van der Waals surface area (Å²) in [5.74, 6) is 0.508. The molecule has 2 aromatic carbocycles. The van der Waals surface area contributed by atoms with Crippen molar-refractivity contribution in [1.82, 2.24) is 10.0 Å². The smallest absolute Gasteiger partial charge is 0.194 e. The molecule has 0 radical (unpaired) electrons. The first-order valence-corrected chi connectivity index (χ1v) is 10.6. The van der Waals surface area contributed by atoms with Gasteiger partial charge in [-0.3, -0.25) is 9.63 Å². The number of carbonyl (C=O) groups excluding carboxylic acids is 1. The number of hydrogen-bond donors (Lipinski definition) is 1. The van der Waals surface area contributed by atoms with Crippen LogP contribution in [0.2, 0.25) is 0 Å². The van der Waals surface area contributed by atoms with Crippen molar-refractivity contribution in [1.29, 1.82) is 0 Å². The van der Waals surface area contributed by atoms with Crippen molar-refractivity contribution in [3.8, 4) is 5.75 Å². The summed E-state index contributed by atoms with van der Waals surface area (Å²) in [6.45, 7) is 2.22. The summed E-state index contributed by atoms with van der Waals surface area (Å²) in [6.07, 6.45) is 3.47. The van der Waals surface area contributed by atoms with Crippen LogP contribution in [0, 0.1) is 5.92 Å². The number of para-hydroxylation sites is 1. The van der Waals surface area contributed by atoms with E-state index in [1.807, 2.05) is 41.5 Å². The van der Waals surface area contributed by atoms with E-state index in [2.05, 4.69) is 4.98 Å². The van der Waals surface area contributed by atoms with Crippen molar-refractivity contribution in [3.05, 3.63) is 59.1 Å². The number of nitrogens with zero attached hydrogens (tertiary/aromatic N) is 2. The minimum Gasteiger partial charge on any atom is -0.508 e. The van der Waals surface area contributed by atoms with Crippen molar-refractivity contribution in [2.45, 2.75) is 25.7 Å². The topological polar surface area (TPSA) is 62.7 Å². The molecule has 0 amide bonds. The van der Waals surface area contributed by atoms with Gasteiger partial charge in [0.05, 0.1) is 16.8 Å². The Labute approximate surface area is 168 Å². The fourth-order valence-corrected chi connectivity index (χ4v) is 4.52. The highest BCUT2D eigenvalue weighted by Crippen LogP contribution is 2.27. The monoisotopic (exact) mass is 396 g/mol. The summed E-state index contributed by atoms with van der Waals surface area (Å²) in [6, 6.07) is 15.2. The van der Waals surface area contributed by atoms with Crippen molar-refractivity contribution in [2.24, 2.45) is 5.92 Å². The van der Waals surface area contributed by atoms with Gasteiger partial charge < -0.3 is 5.11 Å². The van der Waals surface area contributed by atoms with Gasteiger partial charge in [0.2, 0.25) is 0 Å². The van der Waals surface area contributed by atoms with Crippen LogP contribution >= 0.6 is 11.3 Å². The number of thiazole rings is 1. The third-order valence-electron chi connectivity index (χ3n) is 5.15. The molecule has 0 spiro atoms. The molecule has 28 heavy (non-hydrogen) atoms. The number of Topliss-reactive ketones (excluding diaryl/α,β-unsaturated/α-hetero) is 1. The van der Waals surface area contributed by atoms with E-state index < -0.39 is 0 Å². The van der Waals surface area contributed by atoms with E-state index in [9.17, 15) is 9.90 Å². The van der Waals surface area contributed by atoms with Gasteiger partial charge in [0.25, 0.3) is 0 Å². The molecule has 3 aromatic rings. The van der Waals surface area contributed by atoms with Gasteiger partial charge in [-0.2, -0.15) is 5.06 Å². The number of phenols is 1. The molecule has 0 atom stereocenters. The van der Waals surface area contributed by atoms with E-state index in [1.165, 1.54) is 16.9 Å². The zero-order valence-electron chi connectivity index (χ0n) is 15.7. The third kappa shape index (κ3) is 4.58. The zero-order valence-corrected chi connectivity index (χ0v) is 16.5. The maximum Gasteiger partial charge on any atom is 0.194 e. The molecule has 0 aliphatic carbocycles. The van der Waals surface area contributed by atoms with Gasteiger partial charge >= 0.3 is 0 Å². The molecule has 4 rings (SSSR count). The molecule has 6 heteroatoms. The van der Waals surface area contributed by atoms with Gasteiger partial charge in [-0.05, 0) is 55.5 Å². The lowest BCUT2D eigenvalue weighted by Gasteiger charge is -2.30. The lowest BCUT2D eigenvalue weighted by atomic mass is 9.93. The standard InChI is InChI=1S/C22H24N2O3S/c25-18-9-7-16(8-10-18)4-3-15-27-24-13-11-17(12-14-24)21(26)22-23-19-5-1-2-6-20(19)28-22/h1-2,5-10,17,25H,3-4,11-15H2. The summed E-state index contributed by atoms with van der Waals surface area (Å²) in [7, 11) is 0. The van der Waals surface area contributed by atoms with Crippen LogP contribution in [0.25, 0.3) is 10.2 Å². The van der Waals surface area contributed by atoms with Crippen molar-refractivity contribution >= 4 is 27.3 Å². The second-order valence-electron chi connectivity index (χ2n) is 7.16. The number of piperidine rings is 1. The predicted octanol–water partition coefficient (Wildman–Crippen LogP) is 4.46. The molecule has 146 valence electrons. The molecule has 0 bridgehead atoms. The van der Waals surface area contributed by atoms with Gasteiger partial charge in [-0.15, -0.1) is 11.3 Å². The largest absolute Gasteiger partial charge is 0.508 e. The lowest BCUT2D eigenvalue weighted by Crippen LogP contribution is -2.36. The molecule has 0 saturated carbocycles. The lowest BCUT2D eigenvalue weighted by molar-refractivity contribution is -0.172. The Hall–Kier alpha value is -2.28. The summed E-state index contributed by atoms with van der Waals surface area (Å²) in [5.41, 5.74) is 2.10. The number of aromatic hydroxyl groups is 1. The highest BCUT2D eigenvalue weighted by atomic mass is 32.1. The zero-order chi connectivity index (χ0) is 19.3. The number of aromatic nitrogens is 1. The van der Waals surface area contributed by atoms with Crippen LogP contribution in [0.1, 0.15) is 34.6 Å². The fourth-order valence-electron chi connectivity index (χ4n) is 3.53. The Morgan fingerprint density at radius 3 is 2.64 bits per heavy atom. The number of hydrogen-bond acceptors (Lipinski definition) is 6. The van der Waals surface area contributed by atoms with E-state index in [0.29, 0.717) is 17.4 Å². The van der Waals surface area contributed by atoms with E-state index in [0.717, 1.165) is 49.0 Å². The van der Waals surface area contributed by atoms with Crippen LogP contribution in [-0.4, -0.2) is 40.6 Å². The third-order valence-corrected chi connectivity index (χ3v) is 6.20. The number of phenolic OH excluding ortho intramolecular Hbond substituents is 1. The van der Waals surface area contributed by atoms with Gasteiger partial charge in [0.15, 0.2) is 10.8 Å². The number of fused-ring (bicyclic) bond motifs is 1. The Bertz CT molecular complexity index is 897. The molecule has 1 aromatic heterocycles. The van der Waals surface area contributed by atoms with Crippen LogP contribution in [0.15, 0.2) is 48.5 Å². The van der Waals surface area contributed by atoms with Crippen molar-refractivity contribution in [2.75, 3.05) is 19.7 Å². The van der Waals surface area contributed by atoms with Crippen LogP contribution in [0.4, 0.5) is 0 Å². The molecular weight excluding hydrogens is 372 g/mol. The first kappa shape index (κ1) is 19.1. The number of hydroxylamine groups is 2. The first-order valence-electron chi connectivity index (χ1n) is 9.74. The predicted molar refractivity (Wildman–Crippen MR) is 111 cm³/mol. The average molecular weight is 397 g/mol. The number of aryl methyl sites for hydroxylation is 1. The van der Waals surface area contributed by atoms with E-state index in [-0.39, 0.29) is 11.7 Å². The number of carbonyl (C=O) groups is 1. The second kappa shape index (κ2) is 8.82. The summed E-state index contributed by atoms with van der Waals surface area (Å²) in [4.78, 5) is 23.2. The highest BCUT2D eigenvalue weighted by Gasteiger charge is 2.28.